The standard InChI is InChI=1S/C20H16N2O5S/c1-26-18-8-6-15(7-9-18)20-21-16(13-28-20)12-27-19(23)10-5-14-3-2-4-17(11-14)22(24)25/h2-11,13H,12H2,1H3/b10-5+. The highest BCUT2D eigenvalue weighted by Crippen LogP contribution is 2.26. The Balaban J connectivity index is 1.57. The quantitative estimate of drug-likeness (QED) is 0.253. The van der Waals surface area contributed by atoms with Gasteiger partial charge >= 0.3 is 5.97 Å². The van der Waals surface area contributed by atoms with Crippen LogP contribution >= 0.6 is 11.3 Å². The van der Waals surface area contributed by atoms with E-state index in [2.05, 4.69) is 4.98 Å². The van der Waals surface area contributed by atoms with Crippen LogP contribution in [-0.4, -0.2) is 23.0 Å². The third-order valence-corrected chi connectivity index (χ3v) is 4.68. The predicted molar refractivity (Wildman–Crippen MR) is 106 cm³/mol. The smallest absolute Gasteiger partial charge is 0.331 e. The summed E-state index contributed by atoms with van der Waals surface area (Å²) in [6.45, 7) is 0.0464. The molecular weight excluding hydrogens is 380 g/mol. The van der Waals surface area contributed by atoms with E-state index in [1.807, 2.05) is 29.6 Å². The number of aromatic nitrogens is 1. The molecule has 142 valence electrons. The molecule has 1 heterocycles. The molecule has 1 aromatic heterocycles. The van der Waals surface area contributed by atoms with Gasteiger partial charge in [0.25, 0.3) is 5.69 Å². The van der Waals surface area contributed by atoms with Crippen molar-refractivity contribution in [2.75, 3.05) is 7.11 Å². The van der Waals surface area contributed by atoms with E-state index in [1.54, 1.807) is 19.2 Å². The van der Waals surface area contributed by atoms with Crippen LogP contribution in [-0.2, 0) is 16.1 Å². The molecule has 0 aliphatic rings. The van der Waals surface area contributed by atoms with Gasteiger partial charge < -0.3 is 9.47 Å². The van der Waals surface area contributed by atoms with Crippen LogP contribution in [0.2, 0.25) is 0 Å². The number of nitro groups is 1. The Hall–Kier alpha value is -3.52. The predicted octanol–water partition coefficient (Wildman–Crippen LogP) is 4.48. The molecule has 0 amide bonds. The van der Waals surface area contributed by atoms with Crippen LogP contribution in [0.3, 0.4) is 0 Å². The molecule has 28 heavy (non-hydrogen) atoms. The van der Waals surface area contributed by atoms with Gasteiger partial charge in [-0.25, -0.2) is 9.78 Å². The van der Waals surface area contributed by atoms with Crippen molar-refractivity contribution in [1.29, 1.82) is 0 Å². The van der Waals surface area contributed by atoms with Gasteiger partial charge in [0.15, 0.2) is 0 Å². The van der Waals surface area contributed by atoms with Crippen LogP contribution in [0.15, 0.2) is 60.0 Å². The van der Waals surface area contributed by atoms with Crippen molar-refractivity contribution >= 4 is 29.1 Å². The van der Waals surface area contributed by atoms with Gasteiger partial charge in [0.1, 0.15) is 17.4 Å². The second-order valence-corrected chi connectivity index (χ2v) is 6.52. The molecule has 0 aliphatic carbocycles. The summed E-state index contributed by atoms with van der Waals surface area (Å²) >= 11 is 1.46. The van der Waals surface area contributed by atoms with Crippen molar-refractivity contribution < 1.29 is 19.2 Å². The molecule has 7 nitrogen and oxygen atoms in total. The summed E-state index contributed by atoms with van der Waals surface area (Å²) in [4.78, 5) is 26.6. The van der Waals surface area contributed by atoms with E-state index in [9.17, 15) is 14.9 Å². The lowest BCUT2D eigenvalue weighted by molar-refractivity contribution is -0.384. The summed E-state index contributed by atoms with van der Waals surface area (Å²) in [5, 5.41) is 13.4. The van der Waals surface area contributed by atoms with Crippen LogP contribution in [0.5, 0.6) is 5.75 Å². The summed E-state index contributed by atoms with van der Waals surface area (Å²) in [7, 11) is 1.61. The Bertz CT molecular complexity index is 1010. The van der Waals surface area contributed by atoms with Crippen molar-refractivity contribution in [3.63, 3.8) is 0 Å². The van der Waals surface area contributed by atoms with Crippen molar-refractivity contribution in [2.45, 2.75) is 6.61 Å². The molecular formula is C20H16N2O5S. The maximum atomic E-state index is 11.9. The number of benzene rings is 2. The van der Waals surface area contributed by atoms with Crippen LogP contribution in [0.4, 0.5) is 5.69 Å². The van der Waals surface area contributed by atoms with Gasteiger partial charge in [-0.3, -0.25) is 10.1 Å². The highest BCUT2D eigenvalue weighted by molar-refractivity contribution is 7.13. The Morgan fingerprint density at radius 2 is 2.04 bits per heavy atom. The van der Waals surface area contributed by atoms with E-state index in [1.165, 1.54) is 35.6 Å². The lowest BCUT2D eigenvalue weighted by Crippen LogP contribution is -2.01. The van der Waals surface area contributed by atoms with Crippen molar-refractivity contribution in [1.82, 2.24) is 4.98 Å². The number of nitro benzene ring substituents is 1. The Kier molecular flexibility index (Phi) is 6.13. The minimum Gasteiger partial charge on any atom is -0.497 e. The maximum Gasteiger partial charge on any atom is 0.331 e. The van der Waals surface area contributed by atoms with E-state index in [0.717, 1.165) is 16.3 Å². The molecule has 0 saturated heterocycles. The minimum absolute atomic E-state index is 0.0379. The fourth-order valence-corrected chi connectivity index (χ4v) is 3.15. The number of carbonyl (C=O) groups excluding carboxylic acids is 1. The van der Waals surface area contributed by atoms with Gasteiger partial charge in [-0.1, -0.05) is 12.1 Å². The van der Waals surface area contributed by atoms with Gasteiger partial charge in [0.05, 0.1) is 17.7 Å². The summed E-state index contributed by atoms with van der Waals surface area (Å²) in [6, 6.07) is 13.5. The van der Waals surface area contributed by atoms with Crippen LogP contribution < -0.4 is 4.74 Å². The van der Waals surface area contributed by atoms with Gasteiger partial charge in [0.2, 0.25) is 0 Å². The number of hydrogen-bond donors (Lipinski definition) is 0. The van der Waals surface area contributed by atoms with E-state index in [-0.39, 0.29) is 12.3 Å². The Labute approximate surface area is 165 Å². The van der Waals surface area contributed by atoms with Crippen molar-refractivity contribution in [3.05, 3.63) is 81.4 Å². The minimum atomic E-state index is -0.550. The van der Waals surface area contributed by atoms with Gasteiger partial charge in [-0.2, -0.15) is 0 Å². The number of methoxy groups -OCH3 is 1. The lowest BCUT2D eigenvalue weighted by atomic mass is 10.2. The topological polar surface area (TPSA) is 91.6 Å². The first kappa shape index (κ1) is 19.2. The zero-order chi connectivity index (χ0) is 19.9. The average molecular weight is 396 g/mol. The second-order valence-electron chi connectivity index (χ2n) is 5.67. The highest BCUT2D eigenvalue weighted by atomic mass is 32.1. The fraction of sp³-hybridized carbons (Fsp3) is 0.100. The molecule has 0 unspecified atom stereocenters. The number of hydrogen-bond acceptors (Lipinski definition) is 7. The molecule has 0 bridgehead atoms. The van der Waals surface area contributed by atoms with Crippen LogP contribution in [0, 0.1) is 10.1 Å². The first-order valence-corrected chi connectivity index (χ1v) is 9.11. The van der Waals surface area contributed by atoms with Crippen molar-refractivity contribution in [3.8, 4) is 16.3 Å². The molecule has 2 aromatic carbocycles. The summed E-state index contributed by atoms with van der Waals surface area (Å²) in [6.07, 6.45) is 2.70. The monoisotopic (exact) mass is 396 g/mol. The van der Waals surface area contributed by atoms with Gasteiger partial charge in [-0.15, -0.1) is 11.3 Å². The van der Waals surface area contributed by atoms with E-state index in [0.29, 0.717) is 11.3 Å². The molecule has 0 atom stereocenters. The number of non-ortho nitro benzene ring substituents is 1. The van der Waals surface area contributed by atoms with Crippen LogP contribution in [0.25, 0.3) is 16.6 Å². The van der Waals surface area contributed by atoms with Gasteiger partial charge in [0, 0.05) is 29.2 Å². The largest absolute Gasteiger partial charge is 0.497 e. The molecule has 0 N–H and O–H groups in total. The molecule has 8 heteroatoms. The maximum absolute atomic E-state index is 11.9. The lowest BCUT2D eigenvalue weighted by Gasteiger charge is -2.01. The Morgan fingerprint density at radius 3 is 2.75 bits per heavy atom. The molecule has 0 aliphatic heterocycles. The molecule has 3 rings (SSSR count). The zero-order valence-corrected chi connectivity index (χ0v) is 15.7. The van der Waals surface area contributed by atoms with E-state index >= 15 is 0 Å². The fourth-order valence-electron chi connectivity index (χ4n) is 2.34. The molecule has 0 radical (unpaired) electrons. The number of ether oxygens (including phenoxy) is 2. The summed E-state index contributed by atoms with van der Waals surface area (Å²) < 4.78 is 10.3. The number of esters is 1. The van der Waals surface area contributed by atoms with E-state index < -0.39 is 10.9 Å². The number of carbonyl (C=O) groups is 1. The first-order valence-electron chi connectivity index (χ1n) is 8.23. The van der Waals surface area contributed by atoms with E-state index in [4.69, 9.17) is 9.47 Å². The summed E-state index contributed by atoms with van der Waals surface area (Å²) in [5.74, 6) is 0.218. The second kappa shape index (κ2) is 8.92. The molecule has 0 spiro atoms. The normalized spacial score (nSPS) is 10.8. The summed E-state index contributed by atoms with van der Waals surface area (Å²) in [5.41, 5.74) is 2.10. The number of thiazole rings is 1. The van der Waals surface area contributed by atoms with Crippen molar-refractivity contribution in [2.24, 2.45) is 0 Å². The molecule has 0 saturated carbocycles. The zero-order valence-electron chi connectivity index (χ0n) is 14.9. The first-order chi connectivity index (χ1) is 13.5. The molecule has 0 fully saturated rings. The Morgan fingerprint density at radius 1 is 1.25 bits per heavy atom. The average Bonchev–Trinajstić information content (AvgIpc) is 3.20. The third-order valence-electron chi connectivity index (χ3n) is 3.74. The number of rotatable bonds is 7. The van der Waals surface area contributed by atoms with Gasteiger partial charge in [-0.05, 0) is 35.9 Å². The van der Waals surface area contributed by atoms with Crippen LogP contribution in [0.1, 0.15) is 11.3 Å². The third kappa shape index (κ3) is 5.01. The molecule has 3 aromatic rings. The number of nitrogens with zero attached hydrogens (tertiary/aromatic N) is 2. The SMILES string of the molecule is COc1ccc(-c2nc(COC(=O)/C=C/c3cccc([N+](=O)[O-])c3)cs2)cc1. The highest BCUT2D eigenvalue weighted by Gasteiger charge is 2.08.